The topological polar surface area (TPSA) is 23.6 Å². The van der Waals surface area contributed by atoms with Crippen molar-refractivity contribution in [3.05, 3.63) is 22.4 Å². The molecule has 0 aromatic carbocycles. The molecule has 0 spiro atoms. The molecule has 0 N–H and O–H groups in total. The van der Waals surface area contributed by atoms with Crippen LogP contribution in [0.4, 0.5) is 4.79 Å². The summed E-state index contributed by atoms with van der Waals surface area (Å²) in [4.78, 5) is 16.8. The second kappa shape index (κ2) is 4.45. The Kier molecular flexibility index (Phi) is 3.21. The number of urea groups is 1. The first-order valence-corrected chi connectivity index (χ1v) is 6.76. The van der Waals surface area contributed by atoms with Crippen LogP contribution in [-0.2, 0) is 0 Å². The SMILES string of the molecule is CN(C)C(=O)N1CCSC1c1cccs1. The second-order valence-corrected chi connectivity index (χ2v) is 5.78. The first-order valence-electron chi connectivity index (χ1n) is 4.83. The molecule has 1 aromatic heterocycles. The highest BCUT2D eigenvalue weighted by Crippen LogP contribution is 2.40. The molecule has 1 atom stereocenters. The molecule has 1 unspecified atom stereocenters. The minimum atomic E-state index is 0.110. The molecule has 2 heterocycles. The number of thioether (sulfide) groups is 1. The second-order valence-electron chi connectivity index (χ2n) is 3.61. The molecule has 2 amide bonds. The smallest absolute Gasteiger partial charge is 0.320 e. The molecule has 0 aliphatic carbocycles. The van der Waals surface area contributed by atoms with Crippen molar-refractivity contribution < 1.29 is 4.79 Å². The summed E-state index contributed by atoms with van der Waals surface area (Å²) in [5.74, 6) is 1.03. The highest BCUT2D eigenvalue weighted by Gasteiger charge is 2.31. The van der Waals surface area contributed by atoms with E-state index < -0.39 is 0 Å². The quantitative estimate of drug-likeness (QED) is 0.755. The summed E-state index contributed by atoms with van der Waals surface area (Å²) >= 11 is 3.56. The summed E-state index contributed by atoms with van der Waals surface area (Å²) < 4.78 is 0. The number of amides is 2. The van der Waals surface area contributed by atoms with Gasteiger partial charge in [0, 0.05) is 31.3 Å². The van der Waals surface area contributed by atoms with Crippen molar-refractivity contribution in [3.8, 4) is 0 Å². The number of thiophene rings is 1. The molecule has 15 heavy (non-hydrogen) atoms. The summed E-state index contributed by atoms with van der Waals surface area (Å²) in [5, 5.41) is 2.28. The van der Waals surface area contributed by atoms with Gasteiger partial charge in [-0.1, -0.05) is 6.07 Å². The molecule has 1 saturated heterocycles. The van der Waals surface area contributed by atoms with Gasteiger partial charge in [-0.2, -0.15) is 0 Å². The predicted molar refractivity (Wildman–Crippen MR) is 65.3 cm³/mol. The third-order valence-electron chi connectivity index (χ3n) is 2.31. The zero-order chi connectivity index (χ0) is 10.8. The number of hydrogen-bond acceptors (Lipinski definition) is 3. The normalized spacial score (nSPS) is 20.7. The molecule has 1 aliphatic heterocycles. The fourth-order valence-corrected chi connectivity index (χ4v) is 3.82. The van der Waals surface area contributed by atoms with Gasteiger partial charge in [0.1, 0.15) is 5.37 Å². The Labute approximate surface area is 98.1 Å². The van der Waals surface area contributed by atoms with Gasteiger partial charge in [0.2, 0.25) is 0 Å². The maximum Gasteiger partial charge on any atom is 0.320 e. The van der Waals surface area contributed by atoms with E-state index in [1.807, 2.05) is 22.7 Å². The number of carbonyl (C=O) groups is 1. The van der Waals surface area contributed by atoms with E-state index >= 15 is 0 Å². The number of hydrogen-bond donors (Lipinski definition) is 0. The summed E-state index contributed by atoms with van der Waals surface area (Å²) in [5.41, 5.74) is 0. The molecule has 3 nitrogen and oxygen atoms in total. The molecule has 1 aromatic rings. The van der Waals surface area contributed by atoms with Crippen molar-refractivity contribution >= 4 is 29.1 Å². The monoisotopic (exact) mass is 242 g/mol. The molecular formula is C10H14N2OS2. The van der Waals surface area contributed by atoms with E-state index in [0.29, 0.717) is 0 Å². The Hall–Kier alpha value is -0.680. The Morgan fingerprint density at radius 1 is 1.60 bits per heavy atom. The molecule has 0 saturated carbocycles. The molecular weight excluding hydrogens is 228 g/mol. The summed E-state index contributed by atoms with van der Waals surface area (Å²) in [6, 6.07) is 4.25. The van der Waals surface area contributed by atoms with Crippen LogP contribution >= 0.6 is 23.1 Å². The molecule has 0 radical (unpaired) electrons. The van der Waals surface area contributed by atoms with Gasteiger partial charge in [0.05, 0.1) is 0 Å². The zero-order valence-corrected chi connectivity index (χ0v) is 10.5. The molecule has 0 bridgehead atoms. The van der Waals surface area contributed by atoms with Crippen molar-refractivity contribution in [3.63, 3.8) is 0 Å². The standard InChI is InChI=1S/C10H14N2OS2/c1-11(2)10(13)12-5-7-15-9(12)8-4-3-6-14-8/h3-4,6,9H,5,7H2,1-2H3. The summed E-state index contributed by atoms with van der Waals surface area (Å²) in [6.45, 7) is 0.851. The van der Waals surface area contributed by atoms with Crippen molar-refractivity contribution in [2.75, 3.05) is 26.4 Å². The molecule has 1 aliphatic rings. The Morgan fingerprint density at radius 2 is 2.40 bits per heavy atom. The lowest BCUT2D eigenvalue weighted by Gasteiger charge is -2.26. The van der Waals surface area contributed by atoms with Crippen LogP contribution in [0.3, 0.4) is 0 Å². The molecule has 5 heteroatoms. The molecule has 2 rings (SSSR count). The predicted octanol–water partition coefficient (Wildman–Crippen LogP) is 2.48. The number of carbonyl (C=O) groups excluding carboxylic acids is 1. The van der Waals surface area contributed by atoms with Crippen LogP contribution in [0, 0.1) is 0 Å². The van der Waals surface area contributed by atoms with Crippen LogP contribution in [0.25, 0.3) is 0 Å². The first-order chi connectivity index (χ1) is 7.20. The summed E-state index contributed by atoms with van der Waals surface area (Å²) in [6.07, 6.45) is 0. The fourth-order valence-electron chi connectivity index (χ4n) is 1.59. The third-order valence-corrected chi connectivity index (χ3v) is 4.62. The van der Waals surface area contributed by atoms with Gasteiger partial charge in [-0.3, -0.25) is 0 Å². The van der Waals surface area contributed by atoms with Crippen molar-refractivity contribution in [2.24, 2.45) is 0 Å². The lowest BCUT2D eigenvalue weighted by atomic mass is 10.4. The first kappa shape index (κ1) is 10.8. The van der Waals surface area contributed by atoms with Crippen LogP contribution in [0.5, 0.6) is 0 Å². The Balaban J connectivity index is 2.15. The van der Waals surface area contributed by atoms with E-state index in [-0.39, 0.29) is 11.4 Å². The van der Waals surface area contributed by atoms with E-state index in [1.54, 1.807) is 30.3 Å². The van der Waals surface area contributed by atoms with Gasteiger partial charge in [-0.25, -0.2) is 4.79 Å². The van der Waals surface area contributed by atoms with E-state index in [2.05, 4.69) is 11.4 Å². The van der Waals surface area contributed by atoms with Crippen LogP contribution in [-0.4, -0.2) is 42.2 Å². The minimum absolute atomic E-state index is 0.110. The fraction of sp³-hybridized carbons (Fsp3) is 0.500. The largest absolute Gasteiger partial charge is 0.331 e. The van der Waals surface area contributed by atoms with E-state index in [9.17, 15) is 4.79 Å². The van der Waals surface area contributed by atoms with Gasteiger partial charge >= 0.3 is 6.03 Å². The van der Waals surface area contributed by atoms with Gasteiger partial charge in [-0.15, -0.1) is 23.1 Å². The maximum absolute atomic E-state index is 11.9. The Bertz CT molecular complexity index is 337. The molecule has 1 fully saturated rings. The van der Waals surface area contributed by atoms with E-state index in [0.717, 1.165) is 12.3 Å². The highest BCUT2D eigenvalue weighted by atomic mass is 32.2. The maximum atomic E-state index is 11.9. The van der Waals surface area contributed by atoms with Crippen LogP contribution in [0.1, 0.15) is 10.3 Å². The van der Waals surface area contributed by atoms with Crippen molar-refractivity contribution in [1.82, 2.24) is 9.80 Å². The minimum Gasteiger partial charge on any atom is -0.331 e. The van der Waals surface area contributed by atoms with Gasteiger partial charge in [-0.05, 0) is 11.4 Å². The average Bonchev–Trinajstić information content (AvgIpc) is 2.86. The van der Waals surface area contributed by atoms with Gasteiger partial charge in [0.25, 0.3) is 0 Å². The van der Waals surface area contributed by atoms with Gasteiger partial charge < -0.3 is 9.80 Å². The van der Waals surface area contributed by atoms with Crippen LogP contribution in [0.2, 0.25) is 0 Å². The van der Waals surface area contributed by atoms with Crippen molar-refractivity contribution in [2.45, 2.75) is 5.37 Å². The van der Waals surface area contributed by atoms with Gasteiger partial charge in [0.15, 0.2) is 0 Å². The van der Waals surface area contributed by atoms with Crippen LogP contribution < -0.4 is 0 Å². The average molecular weight is 242 g/mol. The van der Waals surface area contributed by atoms with Crippen molar-refractivity contribution in [1.29, 1.82) is 0 Å². The lowest BCUT2D eigenvalue weighted by molar-refractivity contribution is 0.173. The van der Waals surface area contributed by atoms with E-state index in [1.165, 1.54) is 4.88 Å². The number of rotatable bonds is 1. The van der Waals surface area contributed by atoms with Crippen LogP contribution in [0.15, 0.2) is 17.5 Å². The highest BCUT2D eigenvalue weighted by molar-refractivity contribution is 7.99. The molecule has 82 valence electrons. The van der Waals surface area contributed by atoms with E-state index in [4.69, 9.17) is 0 Å². The Morgan fingerprint density at radius 3 is 3.00 bits per heavy atom. The summed E-state index contributed by atoms with van der Waals surface area (Å²) in [7, 11) is 3.60. The lowest BCUT2D eigenvalue weighted by Crippen LogP contribution is -2.38. The third kappa shape index (κ3) is 2.13. The number of nitrogens with zero attached hydrogens (tertiary/aromatic N) is 2. The zero-order valence-electron chi connectivity index (χ0n) is 8.84.